The maximum atomic E-state index is 6.05. The minimum atomic E-state index is 0.415. The van der Waals surface area contributed by atoms with Crippen LogP contribution in [-0.2, 0) is 17.9 Å². The van der Waals surface area contributed by atoms with E-state index in [1.54, 1.807) is 14.2 Å². The van der Waals surface area contributed by atoms with E-state index in [1.807, 2.05) is 36.4 Å². The van der Waals surface area contributed by atoms with Crippen molar-refractivity contribution >= 4 is 27.5 Å². The minimum Gasteiger partial charge on any atom is -0.493 e. The van der Waals surface area contributed by atoms with Gasteiger partial charge in [0.15, 0.2) is 11.5 Å². The van der Waals surface area contributed by atoms with Gasteiger partial charge in [0, 0.05) is 35.3 Å². The summed E-state index contributed by atoms with van der Waals surface area (Å²) in [5.41, 5.74) is 2.01. The summed E-state index contributed by atoms with van der Waals surface area (Å²) < 4.78 is 17.5. The molecule has 2 aromatic carbocycles. The van der Waals surface area contributed by atoms with Crippen molar-refractivity contribution in [3.05, 3.63) is 57.0 Å². The van der Waals surface area contributed by atoms with Crippen molar-refractivity contribution in [2.45, 2.75) is 13.2 Å². The van der Waals surface area contributed by atoms with E-state index in [0.717, 1.165) is 27.9 Å². The summed E-state index contributed by atoms with van der Waals surface area (Å²) in [6, 6.07) is 11.5. The van der Waals surface area contributed by atoms with Crippen molar-refractivity contribution in [3.63, 3.8) is 0 Å². The van der Waals surface area contributed by atoms with Crippen LogP contribution < -0.4 is 14.8 Å². The van der Waals surface area contributed by atoms with Gasteiger partial charge in [0.1, 0.15) is 6.61 Å². The van der Waals surface area contributed by atoms with Gasteiger partial charge in [-0.1, -0.05) is 39.7 Å². The van der Waals surface area contributed by atoms with Gasteiger partial charge in [-0.05, 0) is 29.8 Å². The van der Waals surface area contributed by atoms with E-state index in [9.17, 15) is 0 Å². The van der Waals surface area contributed by atoms with Gasteiger partial charge in [0.25, 0.3) is 0 Å². The molecule has 0 saturated heterocycles. The standard InChI is InChI=1S/C18H21BrClNO3/c1-22-9-8-21-11-15-16(19)6-7-17(23-2)18(15)24-12-13-4-3-5-14(20)10-13/h3-7,10,21H,8-9,11-12H2,1-2H3. The first kappa shape index (κ1) is 19.1. The molecule has 0 aliphatic carbocycles. The van der Waals surface area contributed by atoms with Crippen molar-refractivity contribution in [2.75, 3.05) is 27.4 Å². The molecule has 0 spiro atoms. The molecule has 0 aliphatic rings. The average molecular weight is 415 g/mol. The fourth-order valence-electron chi connectivity index (χ4n) is 2.24. The van der Waals surface area contributed by atoms with E-state index in [4.69, 9.17) is 25.8 Å². The topological polar surface area (TPSA) is 39.7 Å². The Balaban J connectivity index is 2.17. The van der Waals surface area contributed by atoms with Crippen LogP contribution >= 0.6 is 27.5 Å². The van der Waals surface area contributed by atoms with Crippen LogP contribution in [-0.4, -0.2) is 27.4 Å². The van der Waals surface area contributed by atoms with Gasteiger partial charge in [-0.3, -0.25) is 0 Å². The molecule has 0 unspecified atom stereocenters. The van der Waals surface area contributed by atoms with Crippen LogP contribution in [0.3, 0.4) is 0 Å². The van der Waals surface area contributed by atoms with E-state index in [1.165, 1.54) is 0 Å². The quantitative estimate of drug-likeness (QED) is 0.616. The molecule has 4 nitrogen and oxygen atoms in total. The van der Waals surface area contributed by atoms with E-state index in [0.29, 0.717) is 30.5 Å². The van der Waals surface area contributed by atoms with Gasteiger partial charge >= 0.3 is 0 Å². The molecule has 0 atom stereocenters. The molecular weight excluding hydrogens is 394 g/mol. The normalized spacial score (nSPS) is 10.7. The Morgan fingerprint density at radius 1 is 1.17 bits per heavy atom. The summed E-state index contributed by atoms with van der Waals surface area (Å²) in [5.74, 6) is 1.42. The number of hydrogen-bond donors (Lipinski definition) is 1. The van der Waals surface area contributed by atoms with E-state index in [-0.39, 0.29) is 0 Å². The van der Waals surface area contributed by atoms with Crippen LogP contribution in [0.1, 0.15) is 11.1 Å². The smallest absolute Gasteiger partial charge is 0.167 e. The molecule has 2 rings (SSSR count). The monoisotopic (exact) mass is 413 g/mol. The molecule has 0 aromatic heterocycles. The molecule has 130 valence electrons. The summed E-state index contributed by atoms with van der Waals surface area (Å²) in [7, 11) is 3.32. The first-order valence-electron chi connectivity index (χ1n) is 7.58. The molecule has 6 heteroatoms. The van der Waals surface area contributed by atoms with Crippen LogP contribution in [0.25, 0.3) is 0 Å². The van der Waals surface area contributed by atoms with Crippen LogP contribution in [0, 0.1) is 0 Å². The van der Waals surface area contributed by atoms with Crippen molar-refractivity contribution < 1.29 is 14.2 Å². The average Bonchev–Trinajstić information content (AvgIpc) is 2.58. The second-order valence-corrected chi connectivity index (χ2v) is 6.44. The molecule has 0 radical (unpaired) electrons. The molecular formula is C18H21BrClNO3. The minimum absolute atomic E-state index is 0.415. The maximum absolute atomic E-state index is 6.05. The first-order chi connectivity index (χ1) is 11.7. The highest BCUT2D eigenvalue weighted by atomic mass is 79.9. The third kappa shape index (κ3) is 5.38. The summed E-state index contributed by atoms with van der Waals surface area (Å²) >= 11 is 9.62. The lowest BCUT2D eigenvalue weighted by Crippen LogP contribution is -2.19. The largest absolute Gasteiger partial charge is 0.493 e. The molecule has 24 heavy (non-hydrogen) atoms. The highest BCUT2D eigenvalue weighted by molar-refractivity contribution is 9.10. The zero-order valence-corrected chi connectivity index (χ0v) is 16.1. The van der Waals surface area contributed by atoms with Gasteiger partial charge < -0.3 is 19.5 Å². The van der Waals surface area contributed by atoms with E-state index < -0.39 is 0 Å². The maximum Gasteiger partial charge on any atom is 0.167 e. The van der Waals surface area contributed by atoms with Crippen molar-refractivity contribution in [1.82, 2.24) is 5.32 Å². The Kier molecular flexibility index (Phi) is 7.85. The van der Waals surface area contributed by atoms with Crippen LogP contribution in [0.4, 0.5) is 0 Å². The van der Waals surface area contributed by atoms with Gasteiger partial charge in [0.2, 0.25) is 0 Å². The molecule has 0 bridgehead atoms. The number of rotatable bonds is 9. The molecule has 0 aliphatic heterocycles. The number of hydrogen-bond acceptors (Lipinski definition) is 4. The van der Waals surface area contributed by atoms with Crippen LogP contribution in [0.5, 0.6) is 11.5 Å². The Labute approximate surface area is 156 Å². The fraction of sp³-hybridized carbons (Fsp3) is 0.333. The second-order valence-electron chi connectivity index (χ2n) is 5.15. The Bertz CT molecular complexity index is 667. The Hall–Kier alpha value is -1.27. The molecule has 0 fully saturated rings. The predicted molar refractivity (Wildman–Crippen MR) is 100 cm³/mol. The number of nitrogens with one attached hydrogen (secondary N) is 1. The molecule has 0 amide bonds. The number of benzene rings is 2. The van der Waals surface area contributed by atoms with Crippen LogP contribution in [0.2, 0.25) is 5.02 Å². The summed E-state index contributed by atoms with van der Waals surface area (Å²) in [6.07, 6.45) is 0. The van der Waals surface area contributed by atoms with Gasteiger partial charge in [-0.25, -0.2) is 0 Å². The van der Waals surface area contributed by atoms with Crippen molar-refractivity contribution in [2.24, 2.45) is 0 Å². The van der Waals surface area contributed by atoms with Crippen molar-refractivity contribution in [1.29, 1.82) is 0 Å². The van der Waals surface area contributed by atoms with Gasteiger partial charge in [0.05, 0.1) is 13.7 Å². The van der Waals surface area contributed by atoms with E-state index >= 15 is 0 Å². The lowest BCUT2D eigenvalue weighted by atomic mass is 10.1. The summed E-state index contributed by atoms with van der Waals surface area (Å²) in [6.45, 7) is 2.47. The first-order valence-corrected chi connectivity index (χ1v) is 8.75. The molecule has 2 aromatic rings. The number of methoxy groups -OCH3 is 2. The Morgan fingerprint density at radius 2 is 2.00 bits per heavy atom. The summed E-state index contributed by atoms with van der Waals surface area (Å²) in [5, 5.41) is 4.02. The fourth-order valence-corrected chi connectivity index (χ4v) is 2.90. The second kappa shape index (κ2) is 9.89. The zero-order chi connectivity index (χ0) is 17.4. The van der Waals surface area contributed by atoms with Gasteiger partial charge in [-0.15, -0.1) is 0 Å². The van der Waals surface area contributed by atoms with E-state index in [2.05, 4.69) is 21.2 Å². The highest BCUT2D eigenvalue weighted by Gasteiger charge is 2.14. The predicted octanol–water partition coefficient (Wildman–Crippen LogP) is 4.43. The van der Waals surface area contributed by atoms with Gasteiger partial charge in [-0.2, -0.15) is 0 Å². The number of halogens is 2. The van der Waals surface area contributed by atoms with Crippen molar-refractivity contribution in [3.8, 4) is 11.5 Å². The highest BCUT2D eigenvalue weighted by Crippen LogP contribution is 2.36. The zero-order valence-electron chi connectivity index (χ0n) is 13.8. The third-order valence-electron chi connectivity index (χ3n) is 3.44. The lowest BCUT2D eigenvalue weighted by Gasteiger charge is -2.17. The number of ether oxygens (including phenoxy) is 3. The summed E-state index contributed by atoms with van der Waals surface area (Å²) in [4.78, 5) is 0. The SMILES string of the molecule is COCCNCc1c(Br)ccc(OC)c1OCc1cccc(Cl)c1. The van der Waals surface area contributed by atoms with Crippen LogP contribution in [0.15, 0.2) is 40.9 Å². The lowest BCUT2D eigenvalue weighted by molar-refractivity contribution is 0.199. The Morgan fingerprint density at radius 3 is 2.71 bits per heavy atom. The molecule has 1 N–H and O–H groups in total. The molecule has 0 heterocycles. The molecule has 0 saturated carbocycles. The third-order valence-corrected chi connectivity index (χ3v) is 4.42.